The molecule has 0 heterocycles. The fourth-order valence-electron chi connectivity index (χ4n) is 1.93. The molecule has 0 radical (unpaired) electrons. The van der Waals surface area contributed by atoms with E-state index in [9.17, 15) is 19.7 Å². The molecule has 6 nitrogen and oxygen atoms in total. The third-order valence-electron chi connectivity index (χ3n) is 2.87. The fourth-order valence-corrected chi connectivity index (χ4v) is 1.93. The van der Waals surface area contributed by atoms with Gasteiger partial charge in [0.2, 0.25) is 0 Å². The lowest BCUT2D eigenvalue weighted by Crippen LogP contribution is -1.96. The molecule has 2 aromatic carbocycles. The molecule has 0 aromatic heterocycles. The van der Waals surface area contributed by atoms with Gasteiger partial charge in [0.1, 0.15) is 0 Å². The van der Waals surface area contributed by atoms with E-state index in [1.165, 1.54) is 24.3 Å². The minimum absolute atomic E-state index is 0.145. The van der Waals surface area contributed by atoms with Crippen LogP contribution in [0.3, 0.4) is 0 Å². The van der Waals surface area contributed by atoms with E-state index in [1.807, 2.05) is 0 Å². The molecule has 0 amide bonds. The van der Waals surface area contributed by atoms with Crippen molar-refractivity contribution in [1.29, 1.82) is 0 Å². The normalized spacial score (nSPS) is 10.0. The van der Waals surface area contributed by atoms with Gasteiger partial charge in [-0.25, -0.2) is 0 Å². The van der Waals surface area contributed by atoms with E-state index in [1.54, 1.807) is 12.1 Å². The molecular weight excluding hydrogens is 260 g/mol. The first-order valence-corrected chi connectivity index (χ1v) is 5.65. The van der Waals surface area contributed by atoms with Crippen LogP contribution >= 0.6 is 0 Å². The monoisotopic (exact) mass is 270 g/mol. The third-order valence-corrected chi connectivity index (χ3v) is 2.87. The third kappa shape index (κ3) is 2.39. The van der Waals surface area contributed by atoms with Crippen LogP contribution in [-0.2, 0) is 0 Å². The van der Waals surface area contributed by atoms with Crippen LogP contribution < -0.4 is 5.73 Å². The molecule has 0 aliphatic heterocycles. The molecule has 0 fully saturated rings. The summed E-state index contributed by atoms with van der Waals surface area (Å²) >= 11 is 0. The van der Waals surface area contributed by atoms with Gasteiger partial charge in [-0.2, -0.15) is 0 Å². The summed E-state index contributed by atoms with van der Waals surface area (Å²) < 4.78 is 0. The van der Waals surface area contributed by atoms with Crippen LogP contribution in [0.15, 0.2) is 36.4 Å². The van der Waals surface area contributed by atoms with E-state index >= 15 is 0 Å². The Balaban J connectivity index is 2.66. The molecule has 0 unspecified atom stereocenters. The van der Waals surface area contributed by atoms with Crippen molar-refractivity contribution < 1.29 is 14.5 Å². The van der Waals surface area contributed by atoms with E-state index in [2.05, 4.69) is 0 Å². The maximum atomic E-state index is 11.1. The van der Waals surface area contributed by atoms with Crippen molar-refractivity contribution in [3.8, 4) is 11.1 Å². The molecule has 2 N–H and O–H groups in total. The van der Waals surface area contributed by atoms with Crippen LogP contribution in [0.1, 0.15) is 20.7 Å². The van der Waals surface area contributed by atoms with Gasteiger partial charge in [0.15, 0.2) is 12.6 Å². The van der Waals surface area contributed by atoms with Crippen molar-refractivity contribution in [2.75, 3.05) is 5.73 Å². The number of benzene rings is 2. The molecule has 0 aliphatic rings. The van der Waals surface area contributed by atoms with E-state index < -0.39 is 4.92 Å². The number of carbonyl (C=O) groups is 2. The van der Waals surface area contributed by atoms with Crippen LogP contribution in [0.2, 0.25) is 0 Å². The van der Waals surface area contributed by atoms with Gasteiger partial charge in [-0.05, 0) is 29.3 Å². The first-order valence-electron chi connectivity index (χ1n) is 5.65. The number of carbonyl (C=O) groups excluding carboxylic acids is 2. The zero-order valence-corrected chi connectivity index (χ0v) is 10.3. The van der Waals surface area contributed by atoms with E-state index in [0.717, 1.165) is 0 Å². The molecule has 0 bridgehead atoms. The Hall–Kier alpha value is -3.02. The molecule has 2 rings (SSSR count). The summed E-state index contributed by atoms with van der Waals surface area (Å²) in [6.07, 6.45) is 1.15. The van der Waals surface area contributed by atoms with E-state index in [4.69, 9.17) is 5.73 Å². The maximum absolute atomic E-state index is 11.1. The predicted octanol–water partition coefficient (Wildman–Crippen LogP) is 2.47. The Labute approximate surface area is 114 Å². The van der Waals surface area contributed by atoms with Crippen LogP contribution in [0.5, 0.6) is 0 Å². The van der Waals surface area contributed by atoms with Gasteiger partial charge in [0, 0.05) is 28.9 Å². The number of nitrogens with two attached hydrogens (primary N) is 1. The fraction of sp³-hybridized carbons (Fsp3) is 0. The van der Waals surface area contributed by atoms with Crippen LogP contribution in [-0.4, -0.2) is 17.5 Å². The van der Waals surface area contributed by atoms with Gasteiger partial charge in [-0.15, -0.1) is 0 Å². The largest absolute Gasteiger partial charge is 0.399 e. The Morgan fingerprint density at radius 2 is 1.50 bits per heavy atom. The molecule has 0 saturated carbocycles. The summed E-state index contributed by atoms with van der Waals surface area (Å²) in [7, 11) is 0. The number of nitro groups is 1. The molecule has 0 atom stereocenters. The van der Waals surface area contributed by atoms with Crippen molar-refractivity contribution in [2.45, 2.75) is 0 Å². The molecule has 2 aromatic rings. The number of aldehydes is 2. The Kier molecular flexibility index (Phi) is 3.56. The lowest BCUT2D eigenvalue weighted by Gasteiger charge is -2.08. The number of nitro benzene ring substituents is 1. The quantitative estimate of drug-likeness (QED) is 0.398. The second-order valence-corrected chi connectivity index (χ2v) is 4.11. The van der Waals surface area contributed by atoms with Gasteiger partial charge in [-0.3, -0.25) is 19.7 Å². The van der Waals surface area contributed by atoms with E-state index in [0.29, 0.717) is 35.0 Å². The first-order chi connectivity index (χ1) is 9.56. The highest BCUT2D eigenvalue weighted by atomic mass is 16.6. The van der Waals surface area contributed by atoms with Crippen LogP contribution in [0.4, 0.5) is 11.4 Å². The molecule has 100 valence electrons. The van der Waals surface area contributed by atoms with Crippen LogP contribution in [0.25, 0.3) is 11.1 Å². The number of hydrogen-bond acceptors (Lipinski definition) is 5. The zero-order valence-electron chi connectivity index (χ0n) is 10.3. The lowest BCUT2D eigenvalue weighted by molar-refractivity contribution is -0.384. The zero-order chi connectivity index (χ0) is 14.7. The molecule has 0 aliphatic carbocycles. The first kappa shape index (κ1) is 13.4. The summed E-state index contributed by atoms with van der Waals surface area (Å²) in [5.41, 5.74) is 7.26. The van der Waals surface area contributed by atoms with E-state index in [-0.39, 0.29) is 11.3 Å². The maximum Gasteiger partial charge on any atom is 0.270 e. The second-order valence-electron chi connectivity index (χ2n) is 4.11. The molecular formula is C14H10N2O4. The highest BCUT2D eigenvalue weighted by molar-refractivity contribution is 5.95. The summed E-state index contributed by atoms with van der Waals surface area (Å²) in [6.45, 7) is 0. The van der Waals surface area contributed by atoms with Crippen molar-refractivity contribution in [2.24, 2.45) is 0 Å². The topological polar surface area (TPSA) is 103 Å². The Bertz CT molecular complexity index is 710. The minimum Gasteiger partial charge on any atom is -0.399 e. The highest BCUT2D eigenvalue weighted by Gasteiger charge is 2.14. The standard InChI is InChI=1S/C14H10N2O4/c15-11-1-3-13(9(5-11)7-17)14-4-2-12(16(19)20)6-10(14)8-18/h1-8H,15H2. The van der Waals surface area contributed by atoms with Gasteiger partial charge in [0.05, 0.1) is 4.92 Å². The second kappa shape index (κ2) is 5.31. The number of rotatable bonds is 4. The summed E-state index contributed by atoms with van der Waals surface area (Å²) in [6, 6.07) is 8.59. The smallest absolute Gasteiger partial charge is 0.270 e. The number of nitrogens with zero attached hydrogens (tertiary/aromatic N) is 1. The number of non-ortho nitro benzene ring substituents is 1. The minimum atomic E-state index is -0.583. The van der Waals surface area contributed by atoms with Crippen molar-refractivity contribution in [3.05, 3.63) is 57.6 Å². The number of nitrogen functional groups attached to an aromatic ring is 1. The highest BCUT2D eigenvalue weighted by Crippen LogP contribution is 2.29. The van der Waals surface area contributed by atoms with Crippen molar-refractivity contribution in [1.82, 2.24) is 0 Å². The SMILES string of the molecule is Nc1ccc(-c2ccc([N+](=O)[O-])cc2C=O)c(C=O)c1. The van der Waals surface area contributed by atoms with Gasteiger partial charge < -0.3 is 5.73 Å². The van der Waals surface area contributed by atoms with Gasteiger partial charge in [0.25, 0.3) is 5.69 Å². The summed E-state index contributed by atoms with van der Waals surface area (Å²) in [5, 5.41) is 10.7. The molecule has 0 saturated heterocycles. The average Bonchev–Trinajstić information content (AvgIpc) is 2.46. The molecule has 6 heteroatoms. The molecule has 0 spiro atoms. The molecule has 20 heavy (non-hydrogen) atoms. The van der Waals surface area contributed by atoms with Gasteiger partial charge >= 0.3 is 0 Å². The summed E-state index contributed by atoms with van der Waals surface area (Å²) in [4.78, 5) is 32.3. The van der Waals surface area contributed by atoms with Crippen molar-refractivity contribution in [3.63, 3.8) is 0 Å². The van der Waals surface area contributed by atoms with Gasteiger partial charge in [-0.1, -0.05) is 6.07 Å². The number of hydrogen-bond donors (Lipinski definition) is 1. The lowest BCUT2D eigenvalue weighted by atomic mass is 9.95. The van der Waals surface area contributed by atoms with Crippen LogP contribution in [0, 0.1) is 10.1 Å². The Morgan fingerprint density at radius 1 is 0.950 bits per heavy atom. The Morgan fingerprint density at radius 3 is 2.05 bits per heavy atom. The predicted molar refractivity (Wildman–Crippen MR) is 73.7 cm³/mol. The summed E-state index contributed by atoms with van der Waals surface area (Å²) in [5.74, 6) is 0. The average molecular weight is 270 g/mol. The number of anilines is 1. The van der Waals surface area contributed by atoms with Crippen molar-refractivity contribution >= 4 is 23.9 Å².